The van der Waals surface area contributed by atoms with Crippen LogP contribution in [-0.4, -0.2) is 10.9 Å². The number of rotatable bonds is 2. The van der Waals surface area contributed by atoms with Crippen LogP contribution in [0.5, 0.6) is 0 Å². The standard InChI is InChI=1S/C16H13FN2O2/c1-9-4-3-5-12-10(2)15(21-14(9)12)16(20)19-13-7-6-11(17)8-18-13/h3-8H,1-2H3,(H,18,19,20). The Morgan fingerprint density at radius 1 is 1.24 bits per heavy atom. The van der Waals surface area contributed by atoms with Gasteiger partial charge in [-0.3, -0.25) is 4.79 Å². The molecule has 0 aliphatic heterocycles. The molecule has 0 fully saturated rings. The lowest BCUT2D eigenvalue weighted by atomic mass is 10.1. The van der Waals surface area contributed by atoms with Crippen LogP contribution in [0.1, 0.15) is 21.7 Å². The van der Waals surface area contributed by atoms with E-state index in [1.54, 1.807) is 0 Å². The molecular weight excluding hydrogens is 271 g/mol. The van der Waals surface area contributed by atoms with Gasteiger partial charge in [0.1, 0.15) is 17.2 Å². The van der Waals surface area contributed by atoms with Gasteiger partial charge in [0, 0.05) is 10.9 Å². The van der Waals surface area contributed by atoms with Gasteiger partial charge in [-0.15, -0.1) is 0 Å². The van der Waals surface area contributed by atoms with E-state index in [4.69, 9.17) is 4.42 Å². The van der Waals surface area contributed by atoms with E-state index in [9.17, 15) is 9.18 Å². The molecule has 1 amide bonds. The number of aryl methyl sites for hydroxylation is 2. The van der Waals surface area contributed by atoms with Crippen LogP contribution in [0.3, 0.4) is 0 Å². The van der Waals surface area contributed by atoms with Crippen LogP contribution >= 0.6 is 0 Å². The van der Waals surface area contributed by atoms with E-state index in [1.807, 2.05) is 32.0 Å². The predicted molar refractivity (Wildman–Crippen MR) is 77.8 cm³/mol. The minimum atomic E-state index is -0.455. The van der Waals surface area contributed by atoms with Crippen LogP contribution in [0.2, 0.25) is 0 Å². The average molecular weight is 284 g/mol. The first-order valence-electron chi connectivity index (χ1n) is 6.48. The Bertz CT molecular complexity index is 822. The Morgan fingerprint density at radius 2 is 2.05 bits per heavy atom. The molecule has 21 heavy (non-hydrogen) atoms. The van der Waals surface area contributed by atoms with Gasteiger partial charge in [0.25, 0.3) is 5.91 Å². The summed E-state index contributed by atoms with van der Waals surface area (Å²) in [4.78, 5) is 16.1. The number of carbonyl (C=O) groups excluding carboxylic acids is 1. The fraction of sp³-hybridized carbons (Fsp3) is 0.125. The molecule has 0 aliphatic carbocycles. The molecule has 3 aromatic rings. The van der Waals surface area contributed by atoms with Gasteiger partial charge < -0.3 is 9.73 Å². The van der Waals surface area contributed by atoms with Crippen molar-refractivity contribution in [3.63, 3.8) is 0 Å². The number of halogens is 1. The number of nitrogens with zero attached hydrogens (tertiary/aromatic N) is 1. The molecule has 0 aliphatic rings. The van der Waals surface area contributed by atoms with Crippen LogP contribution in [0.4, 0.5) is 10.2 Å². The van der Waals surface area contributed by atoms with Gasteiger partial charge >= 0.3 is 0 Å². The van der Waals surface area contributed by atoms with Crippen LogP contribution in [-0.2, 0) is 0 Å². The number of furan rings is 1. The van der Waals surface area contributed by atoms with Gasteiger partial charge in [-0.2, -0.15) is 0 Å². The molecule has 3 rings (SSSR count). The van der Waals surface area contributed by atoms with Crippen molar-refractivity contribution in [2.75, 3.05) is 5.32 Å². The first-order valence-corrected chi connectivity index (χ1v) is 6.48. The molecule has 0 saturated heterocycles. The largest absolute Gasteiger partial charge is 0.450 e. The highest BCUT2D eigenvalue weighted by molar-refractivity contribution is 6.06. The quantitative estimate of drug-likeness (QED) is 0.778. The van der Waals surface area contributed by atoms with Crippen molar-refractivity contribution in [3.05, 3.63) is 59.2 Å². The zero-order valence-electron chi connectivity index (χ0n) is 11.6. The van der Waals surface area contributed by atoms with Crippen molar-refractivity contribution < 1.29 is 13.6 Å². The first-order chi connectivity index (χ1) is 10.1. The van der Waals surface area contributed by atoms with Crippen molar-refractivity contribution in [1.82, 2.24) is 4.98 Å². The van der Waals surface area contributed by atoms with Crippen LogP contribution in [0.25, 0.3) is 11.0 Å². The maximum Gasteiger partial charge on any atom is 0.292 e. The van der Waals surface area contributed by atoms with Crippen molar-refractivity contribution in [2.45, 2.75) is 13.8 Å². The number of anilines is 1. The van der Waals surface area contributed by atoms with Gasteiger partial charge in [0.15, 0.2) is 5.76 Å². The smallest absolute Gasteiger partial charge is 0.292 e. The topological polar surface area (TPSA) is 55.1 Å². The van der Waals surface area contributed by atoms with E-state index in [1.165, 1.54) is 12.1 Å². The Labute approximate surface area is 120 Å². The summed E-state index contributed by atoms with van der Waals surface area (Å²) in [5.41, 5.74) is 2.44. The van der Waals surface area contributed by atoms with Gasteiger partial charge in [-0.25, -0.2) is 9.37 Å². The predicted octanol–water partition coefficient (Wildman–Crippen LogP) is 3.84. The summed E-state index contributed by atoms with van der Waals surface area (Å²) in [6.45, 7) is 3.76. The van der Waals surface area contributed by atoms with E-state index >= 15 is 0 Å². The van der Waals surface area contributed by atoms with E-state index in [0.29, 0.717) is 5.58 Å². The molecule has 0 saturated carbocycles. The molecule has 0 unspecified atom stereocenters. The second-order valence-electron chi connectivity index (χ2n) is 4.82. The number of benzene rings is 1. The lowest BCUT2D eigenvalue weighted by Gasteiger charge is -2.02. The highest BCUT2D eigenvalue weighted by Crippen LogP contribution is 2.28. The van der Waals surface area contributed by atoms with Crippen molar-refractivity contribution in [3.8, 4) is 0 Å². The molecule has 0 atom stereocenters. The summed E-state index contributed by atoms with van der Waals surface area (Å²) in [7, 11) is 0. The molecule has 0 radical (unpaired) electrons. The minimum Gasteiger partial charge on any atom is -0.450 e. The molecule has 5 heteroatoms. The molecule has 2 aromatic heterocycles. The fourth-order valence-corrected chi connectivity index (χ4v) is 2.22. The SMILES string of the molecule is Cc1c(C(=O)Nc2ccc(F)cn2)oc2c(C)cccc12. The van der Waals surface area contributed by atoms with Crippen LogP contribution in [0, 0.1) is 19.7 Å². The molecular formula is C16H13FN2O2. The normalized spacial score (nSPS) is 10.8. The summed E-state index contributed by atoms with van der Waals surface area (Å²) in [5, 5.41) is 3.51. The third kappa shape index (κ3) is 2.38. The number of aromatic nitrogens is 1. The summed E-state index contributed by atoms with van der Waals surface area (Å²) < 4.78 is 18.5. The molecule has 1 N–H and O–H groups in total. The summed E-state index contributed by atoms with van der Waals surface area (Å²) in [6.07, 6.45) is 1.05. The second kappa shape index (κ2) is 5.01. The molecule has 0 spiro atoms. The first kappa shape index (κ1) is 13.3. The van der Waals surface area contributed by atoms with Crippen molar-refractivity contribution >= 4 is 22.7 Å². The molecule has 2 heterocycles. The minimum absolute atomic E-state index is 0.241. The number of carbonyl (C=O) groups is 1. The fourth-order valence-electron chi connectivity index (χ4n) is 2.22. The van der Waals surface area contributed by atoms with Crippen molar-refractivity contribution in [1.29, 1.82) is 0 Å². The number of fused-ring (bicyclic) bond motifs is 1. The maximum atomic E-state index is 12.8. The average Bonchev–Trinajstić information content (AvgIpc) is 2.81. The monoisotopic (exact) mass is 284 g/mol. The van der Waals surface area contributed by atoms with E-state index in [0.717, 1.165) is 22.7 Å². The van der Waals surface area contributed by atoms with Crippen LogP contribution < -0.4 is 5.32 Å². The van der Waals surface area contributed by atoms with E-state index < -0.39 is 11.7 Å². The Balaban J connectivity index is 1.96. The highest BCUT2D eigenvalue weighted by Gasteiger charge is 2.18. The number of hydrogen-bond acceptors (Lipinski definition) is 3. The maximum absolute atomic E-state index is 12.8. The number of hydrogen-bond donors (Lipinski definition) is 1. The summed E-state index contributed by atoms with van der Waals surface area (Å²) in [6, 6.07) is 8.39. The van der Waals surface area contributed by atoms with E-state index in [2.05, 4.69) is 10.3 Å². The summed E-state index contributed by atoms with van der Waals surface area (Å²) >= 11 is 0. The second-order valence-corrected chi connectivity index (χ2v) is 4.82. The van der Waals surface area contributed by atoms with Gasteiger partial charge in [-0.1, -0.05) is 18.2 Å². The zero-order valence-corrected chi connectivity index (χ0v) is 11.6. The third-order valence-corrected chi connectivity index (χ3v) is 3.34. The van der Waals surface area contributed by atoms with Crippen LogP contribution in [0.15, 0.2) is 40.9 Å². The van der Waals surface area contributed by atoms with Gasteiger partial charge in [0.05, 0.1) is 6.20 Å². The molecule has 1 aromatic carbocycles. The third-order valence-electron chi connectivity index (χ3n) is 3.34. The zero-order chi connectivity index (χ0) is 15.0. The Kier molecular flexibility index (Phi) is 3.17. The lowest BCUT2D eigenvalue weighted by Crippen LogP contribution is -2.13. The van der Waals surface area contributed by atoms with Gasteiger partial charge in [0.2, 0.25) is 0 Å². The number of para-hydroxylation sites is 1. The molecule has 0 bridgehead atoms. The van der Waals surface area contributed by atoms with Crippen molar-refractivity contribution in [2.24, 2.45) is 0 Å². The van der Waals surface area contributed by atoms with E-state index in [-0.39, 0.29) is 11.6 Å². The highest BCUT2D eigenvalue weighted by atomic mass is 19.1. The number of nitrogens with one attached hydrogen (secondary N) is 1. The number of amides is 1. The number of pyridine rings is 1. The lowest BCUT2D eigenvalue weighted by molar-refractivity contribution is 0.0997. The summed E-state index contributed by atoms with van der Waals surface area (Å²) in [5.74, 6) is -0.339. The molecule has 4 nitrogen and oxygen atoms in total. The Hall–Kier alpha value is -2.69. The molecule has 106 valence electrons. The van der Waals surface area contributed by atoms with Gasteiger partial charge in [-0.05, 0) is 31.5 Å². The Morgan fingerprint density at radius 3 is 2.71 bits per heavy atom.